The topological polar surface area (TPSA) is 53.6 Å². The minimum absolute atomic E-state index is 0.968. The molecule has 0 atom stereocenters. The molecule has 0 saturated carbocycles. The maximum atomic E-state index is 4.07. The Kier molecular flexibility index (Phi) is 3.75. The Morgan fingerprint density at radius 3 is 2.88 bits per heavy atom. The van der Waals surface area contributed by atoms with Crippen LogP contribution in [-0.2, 0) is 6.42 Å². The number of aryl methyl sites for hydroxylation is 3. The SMILES string of the molecule is Cc1cnccc1NCCCc1cn[nH]c1C. The molecule has 4 heteroatoms. The van der Waals surface area contributed by atoms with Crippen LogP contribution < -0.4 is 5.32 Å². The number of pyridine rings is 1. The van der Waals surface area contributed by atoms with Crippen molar-refractivity contribution in [2.24, 2.45) is 0 Å². The van der Waals surface area contributed by atoms with E-state index in [1.165, 1.54) is 22.5 Å². The summed E-state index contributed by atoms with van der Waals surface area (Å²) in [5, 5.41) is 10.4. The van der Waals surface area contributed by atoms with Crippen LogP contribution in [0.3, 0.4) is 0 Å². The van der Waals surface area contributed by atoms with E-state index in [0.717, 1.165) is 19.4 Å². The number of nitrogens with one attached hydrogen (secondary N) is 2. The van der Waals surface area contributed by atoms with Gasteiger partial charge in [-0.05, 0) is 43.9 Å². The first-order valence-corrected chi connectivity index (χ1v) is 5.90. The van der Waals surface area contributed by atoms with Gasteiger partial charge in [-0.15, -0.1) is 0 Å². The third-order valence-corrected chi connectivity index (χ3v) is 2.89. The van der Waals surface area contributed by atoms with E-state index in [1.54, 1.807) is 0 Å². The fraction of sp³-hybridized carbons (Fsp3) is 0.385. The lowest BCUT2D eigenvalue weighted by molar-refractivity contribution is 0.856. The van der Waals surface area contributed by atoms with Crippen LogP contribution in [0.1, 0.15) is 23.2 Å². The molecule has 0 saturated heterocycles. The molecule has 4 nitrogen and oxygen atoms in total. The summed E-state index contributed by atoms with van der Waals surface area (Å²) in [6.45, 7) is 5.09. The Morgan fingerprint density at radius 2 is 2.18 bits per heavy atom. The number of H-pyrrole nitrogens is 1. The fourth-order valence-corrected chi connectivity index (χ4v) is 1.80. The van der Waals surface area contributed by atoms with Gasteiger partial charge in [0.2, 0.25) is 0 Å². The third kappa shape index (κ3) is 3.06. The highest BCUT2D eigenvalue weighted by atomic mass is 15.1. The van der Waals surface area contributed by atoms with Gasteiger partial charge < -0.3 is 5.32 Å². The van der Waals surface area contributed by atoms with Crippen molar-refractivity contribution in [1.29, 1.82) is 0 Å². The quantitative estimate of drug-likeness (QED) is 0.776. The molecule has 0 aliphatic carbocycles. The fourth-order valence-electron chi connectivity index (χ4n) is 1.80. The van der Waals surface area contributed by atoms with E-state index in [9.17, 15) is 0 Å². The summed E-state index contributed by atoms with van der Waals surface area (Å²) in [7, 11) is 0. The van der Waals surface area contributed by atoms with Gasteiger partial charge in [0.05, 0.1) is 6.20 Å². The van der Waals surface area contributed by atoms with Crippen molar-refractivity contribution in [3.8, 4) is 0 Å². The lowest BCUT2D eigenvalue weighted by atomic mass is 10.1. The minimum atomic E-state index is 0.968. The highest BCUT2D eigenvalue weighted by Gasteiger charge is 2.00. The van der Waals surface area contributed by atoms with Crippen LogP contribution in [0.5, 0.6) is 0 Å². The summed E-state index contributed by atoms with van der Waals surface area (Å²) in [4.78, 5) is 4.07. The second kappa shape index (κ2) is 5.48. The highest BCUT2D eigenvalue weighted by Crippen LogP contribution is 2.12. The lowest BCUT2D eigenvalue weighted by Crippen LogP contribution is -2.04. The average Bonchev–Trinajstić information content (AvgIpc) is 2.73. The largest absolute Gasteiger partial charge is 0.385 e. The van der Waals surface area contributed by atoms with Gasteiger partial charge in [-0.2, -0.15) is 5.10 Å². The molecule has 0 fully saturated rings. The van der Waals surface area contributed by atoms with Crippen LogP contribution in [0, 0.1) is 13.8 Å². The molecule has 90 valence electrons. The standard InChI is InChI=1S/C13H18N4/c1-10-8-14-7-5-13(10)15-6-3-4-12-9-16-17-11(12)2/h5,7-9H,3-4,6H2,1-2H3,(H,14,15)(H,16,17). The summed E-state index contributed by atoms with van der Waals surface area (Å²) in [6.07, 6.45) is 7.76. The van der Waals surface area contributed by atoms with Crippen molar-refractivity contribution >= 4 is 5.69 Å². The normalized spacial score (nSPS) is 10.5. The predicted octanol–water partition coefficient (Wildman–Crippen LogP) is 2.47. The Labute approximate surface area is 101 Å². The molecule has 2 aromatic rings. The van der Waals surface area contributed by atoms with Crippen molar-refractivity contribution in [3.05, 3.63) is 41.5 Å². The maximum Gasteiger partial charge on any atom is 0.0522 e. The molecule has 0 aromatic carbocycles. The highest BCUT2D eigenvalue weighted by molar-refractivity contribution is 5.48. The van der Waals surface area contributed by atoms with Crippen LogP contribution in [0.4, 0.5) is 5.69 Å². The van der Waals surface area contributed by atoms with Gasteiger partial charge in [-0.25, -0.2) is 0 Å². The van der Waals surface area contributed by atoms with Crippen molar-refractivity contribution < 1.29 is 0 Å². The van der Waals surface area contributed by atoms with E-state index in [1.807, 2.05) is 24.7 Å². The van der Waals surface area contributed by atoms with E-state index in [2.05, 4.69) is 34.3 Å². The van der Waals surface area contributed by atoms with E-state index in [0.29, 0.717) is 0 Å². The summed E-state index contributed by atoms with van der Waals surface area (Å²) in [6, 6.07) is 2.01. The van der Waals surface area contributed by atoms with Gasteiger partial charge in [0, 0.05) is 30.3 Å². The first-order chi connectivity index (χ1) is 8.27. The molecule has 0 amide bonds. The maximum absolute atomic E-state index is 4.07. The van der Waals surface area contributed by atoms with Gasteiger partial charge in [0.1, 0.15) is 0 Å². The Balaban J connectivity index is 1.77. The predicted molar refractivity (Wildman–Crippen MR) is 69.1 cm³/mol. The van der Waals surface area contributed by atoms with E-state index in [4.69, 9.17) is 0 Å². The first kappa shape index (κ1) is 11.6. The molecular formula is C13H18N4. The summed E-state index contributed by atoms with van der Waals surface area (Å²) in [5.74, 6) is 0. The Hall–Kier alpha value is -1.84. The second-order valence-corrected chi connectivity index (χ2v) is 4.24. The molecule has 0 aliphatic heterocycles. The molecule has 0 aliphatic rings. The number of hydrogen-bond donors (Lipinski definition) is 2. The van der Waals surface area contributed by atoms with Crippen molar-refractivity contribution in [1.82, 2.24) is 15.2 Å². The smallest absolute Gasteiger partial charge is 0.0522 e. The lowest BCUT2D eigenvalue weighted by Gasteiger charge is -2.08. The Bertz CT molecular complexity index is 476. The number of aromatic nitrogens is 3. The number of hydrogen-bond acceptors (Lipinski definition) is 3. The van der Waals surface area contributed by atoms with Crippen LogP contribution in [0.2, 0.25) is 0 Å². The summed E-state index contributed by atoms with van der Waals surface area (Å²) >= 11 is 0. The van der Waals surface area contributed by atoms with Gasteiger partial charge in [-0.3, -0.25) is 10.1 Å². The zero-order valence-corrected chi connectivity index (χ0v) is 10.3. The van der Waals surface area contributed by atoms with Crippen LogP contribution in [0.15, 0.2) is 24.7 Å². The monoisotopic (exact) mass is 230 g/mol. The van der Waals surface area contributed by atoms with Crippen molar-refractivity contribution in [2.45, 2.75) is 26.7 Å². The zero-order chi connectivity index (χ0) is 12.1. The second-order valence-electron chi connectivity index (χ2n) is 4.24. The molecular weight excluding hydrogens is 212 g/mol. The van der Waals surface area contributed by atoms with E-state index < -0.39 is 0 Å². The van der Waals surface area contributed by atoms with Gasteiger partial charge in [0.25, 0.3) is 0 Å². The van der Waals surface area contributed by atoms with Gasteiger partial charge in [-0.1, -0.05) is 0 Å². The first-order valence-electron chi connectivity index (χ1n) is 5.90. The van der Waals surface area contributed by atoms with E-state index in [-0.39, 0.29) is 0 Å². The van der Waals surface area contributed by atoms with Crippen molar-refractivity contribution in [3.63, 3.8) is 0 Å². The van der Waals surface area contributed by atoms with Crippen LogP contribution in [-0.4, -0.2) is 21.7 Å². The summed E-state index contributed by atoms with van der Waals surface area (Å²) in [5.41, 5.74) is 4.83. The van der Waals surface area contributed by atoms with E-state index >= 15 is 0 Å². The molecule has 0 unspecified atom stereocenters. The molecule has 0 radical (unpaired) electrons. The minimum Gasteiger partial charge on any atom is -0.385 e. The van der Waals surface area contributed by atoms with Crippen molar-refractivity contribution in [2.75, 3.05) is 11.9 Å². The zero-order valence-electron chi connectivity index (χ0n) is 10.3. The molecule has 0 spiro atoms. The van der Waals surface area contributed by atoms with Gasteiger partial charge >= 0.3 is 0 Å². The van der Waals surface area contributed by atoms with Gasteiger partial charge in [0.15, 0.2) is 0 Å². The van der Waals surface area contributed by atoms with Crippen LogP contribution >= 0.6 is 0 Å². The number of rotatable bonds is 5. The molecule has 0 bridgehead atoms. The Morgan fingerprint density at radius 1 is 1.29 bits per heavy atom. The molecule has 2 N–H and O–H groups in total. The number of nitrogens with zero attached hydrogens (tertiary/aromatic N) is 2. The molecule has 2 heterocycles. The molecule has 2 aromatic heterocycles. The number of aromatic amines is 1. The number of anilines is 1. The third-order valence-electron chi connectivity index (χ3n) is 2.89. The molecule has 17 heavy (non-hydrogen) atoms. The summed E-state index contributed by atoms with van der Waals surface area (Å²) < 4.78 is 0. The molecule has 2 rings (SSSR count). The van der Waals surface area contributed by atoms with Crippen LogP contribution in [0.25, 0.3) is 0 Å². The average molecular weight is 230 g/mol.